The maximum atomic E-state index is 5.42. The summed E-state index contributed by atoms with van der Waals surface area (Å²) in [7, 11) is 0. The van der Waals surface area contributed by atoms with Crippen LogP contribution in [0.3, 0.4) is 0 Å². The third-order valence-electron chi connectivity index (χ3n) is 4.28. The normalized spacial score (nSPS) is 11.3. The number of aryl methyl sites for hydroxylation is 2. The zero-order chi connectivity index (χ0) is 17.2. The predicted octanol–water partition coefficient (Wildman–Crippen LogP) is 3.90. The molecular weight excluding hydrogens is 312 g/mol. The molecule has 5 nitrogen and oxygen atoms in total. The van der Waals surface area contributed by atoms with Crippen LogP contribution in [0.1, 0.15) is 22.6 Å². The van der Waals surface area contributed by atoms with Crippen LogP contribution in [-0.2, 0) is 13.1 Å². The average Bonchev–Trinajstić information content (AvgIpc) is 3.26. The lowest BCUT2D eigenvalue weighted by Crippen LogP contribution is -2.13. The number of benzene rings is 1. The zero-order valence-corrected chi connectivity index (χ0v) is 14.4. The molecule has 0 amide bonds. The molecule has 3 aromatic heterocycles. The van der Waals surface area contributed by atoms with E-state index >= 15 is 0 Å². The molecule has 126 valence electrons. The maximum absolute atomic E-state index is 5.42. The van der Waals surface area contributed by atoms with Crippen LogP contribution in [0.15, 0.2) is 59.5 Å². The Labute approximate surface area is 146 Å². The van der Waals surface area contributed by atoms with Crippen molar-refractivity contribution >= 4 is 5.65 Å². The Morgan fingerprint density at radius 2 is 1.92 bits per heavy atom. The first-order chi connectivity index (χ1) is 12.2. The van der Waals surface area contributed by atoms with Crippen LogP contribution < -0.4 is 5.32 Å². The molecule has 0 aliphatic rings. The van der Waals surface area contributed by atoms with Crippen molar-refractivity contribution in [2.24, 2.45) is 0 Å². The lowest BCUT2D eigenvalue weighted by atomic mass is 10.1. The Kier molecular flexibility index (Phi) is 4.07. The SMILES string of the molecule is Cc1cc(C)n2cnc(CNCc3ccc(-c4ccco4)cc3)c2n1. The molecule has 0 saturated carbocycles. The van der Waals surface area contributed by atoms with Crippen molar-refractivity contribution in [2.45, 2.75) is 26.9 Å². The van der Waals surface area contributed by atoms with Crippen molar-refractivity contribution in [3.63, 3.8) is 0 Å². The van der Waals surface area contributed by atoms with Crippen LogP contribution in [0, 0.1) is 13.8 Å². The van der Waals surface area contributed by atoms with Crippen molar-refractivity contribution in [3.8, 4) is 11.3 Å². The lowest BCUT2D eigenvalue weighted by molar-refractivity contribution is 0.582. The second-order valence-electron chi connectivity index (χ2n) is 6.20. The number of aromatic nitrogens is 3. The Morgan fingerprint density at radius 3 is 2.68 bits per heavy atom. The summed E-state index contributed by atoms with van der Waals surface area (Å²) in [5.74, 6) is 0.890. The average molecular weight is 332 g/mol. The van der Waals surface area contributed by atoms with E-state index in [9.17, 15) is 0 Å². The summed E-state index contributed by atoms with van der Waals surface area (Å²) in [5, 5.41) is 3.45. The van der Waals surface area contributed by atoms with Crippen LogP contribution in [0.5, 0.6) is 0 Å². The molecule has 3 heterocycles. The molecule has 0 aliphatic heterocycles. The van der Waals surface area contributed by atoms with Crippen LogP contribution in [-0.4, -0.2) is 14.4 Å². The van der Waals surface area contributed by atoms with Gasteiger partial charge in [-0.15, -0.1) is 0 Å². The highest BCUT2D eigenvalue weighted by atomic mass is 16.3. The molecule has 0 spiro atoms. The monoisotopic (exact) mass is 332 g/mol. The van der Waals surface area contributed by atoms with Crippen molar-refractivity contribution < 1.29 is 4.42 Å². The highest BCUT2D eigenvalue weighted by molar-refractivity contribution is 5.57. The number of nitrogens with one attached hydrogen (secondary N) is 1. The van der Waals surface area contributed by atoms with Gasteiger partial charge in [-0.2, -0.15) is 0 Å². The second kappa shape index (κ2) is 6.53. The Balaban J connectivity index is 1.43. The first-order valence-electron chi connectivity index (χ1n) is 8.34. The standard InChI is InChI=1S/C20H20N4O/c1-14-10-15(2)24-13-22-18(20(24)23-14)12-21-11-16-5-7-17(8-6-16)19-4-3-9-25-19/h3-10,13,21H,11-12H2,1-2H3. The quantitative estimate of drug-likeness (QED) is 0.602. The Morgan fingerprint density at radius 1 is 1.08 bits per heavy atom. The van der Waals surface area contributed by atoms with Gasteiger partial charge in [0.2, 0.25) is 0 Å². The number of imidazole rings is 1. The number of furan rings is 1. The van der Waals surface area contributed by atoms with E-state index in [0.717, 1.165) is 40.6 Å². The summed E-state index contributed by atoms with van der Waals surface area (Å²) >= 11 is 0. The van der Waals surface area contributed by atoms with Gasteiger partial charge in [-0.1, -0.05) is 24.3 Å². The van der Waals surface area contributed by atoms with E-state index < -0.39 is 0 Å². The largest absolute Gasteiger partial charge is 0.464 e. The first-order valence-corrected chi connectivity index (χ1v) is 8.34. The smallest absolute Gasteiger partial charge is 0.161 e. The number of hydrogen-bond acceptors (Lipinski definition) is 4. The first kappa shape index (κ1) is 15.6. The van der Waals surface area contributed by atoms with E-state index in [1.54, 1.807) is 6.26 Å². The van der Waals surface area contributed by atoms with Crippen LogP contribution in [0.4, 0.5) is 0 Å². The summed E-state index contributed by atoms with van der Waals surface area (Å²) in [6.45, 7) is 5.55. The molecule has 4 aromatic rings. The number of nitrogens with zero attached hydrogens (tertiary/aromatic N) is 3. The molecule has 0 radical (unpaired) electrons. The van der Waals surface area contributed by atoms with Gasteiger partial charge in [0, 0.05) is 30.0 Å². The number of rotatable bonds is 5. The van der Waals surface area contributed by atoms with Crippen LogP contribution in [0.25, 0.3) is 17.0 Å². The summed E-state index contributed by atoms with van der Waals surface area (Å²) in [5.41, 5.74) is 6.37. The highest BCUT2D eigenvalue weighted by Gasteiger charge is 2.08. The van der Waals surface area contributed by atoms with Crippen molar-refractivity contribution in [2.75, 3.05) is 0 Å². The Bertz CT molecular complexity index is 985. The Hall–Kier alpha value is -2.92. The van der Waals surface area contributed by atoms with Gasteiger partial charge in [-0.05, 0) is 37.6 Å². The van der Waals surface area contributed by atoms with E-state index in [2.05, 4.69) is 52.5 Å². The van der Waals surface area contributed by atoms with E-state index in [-0.39, 0.29) is 0 Å². The molecule has 4 rings (SSSR count). The molecule has 0 aliphatic carbocycles. The molecule has 0 atom stereocenters. The number of hydrogen-bond donors (Lipinski definition) is 1. The molecule has 1 N–H and O–H groups in total. The zero-order valence-electron chi connectivity index (χ0n) is 14.4. The molecule has 0 bridgehead atoms. The van der Waals surface area contributed by atoms with Gasteiger partial charge in [0.1, 0.15) is 12.1 Å². The summed E-state index contributed by atoms with van der Waals surface area (Å²) in [4.78, 5) is 9.11. The molecular formula is C20H20N4O. The number of fused-ring (bicyclic) bond motifs is 1. The topological polar surface area (TPSA) is 55.4 Å². The fourth-order valence-corrected chi connectivity index (χ4v) is 3.01. The third kappa shape index (κ3) is 3.19. The van der Waals surface area contributed by atoms with Gasteiger partial charge in [-0.25, -0.2) is 9.97 Å². The van der Waals surface area contributed by atoms with Gasteiger partial charge < -0.3 is 9.73 Å². The summed E-state index contributed by atoms with van der Waals surface area (Å²) < 4.78 is 7.45. The van der Waals surface area contributed by atoms with Crippen LogP contribution >= 0.6 is 0 Å². The van der Waals surface area contributed by atoms with Crippen LogP contribution in [0.2, 0.25) is 0 Å². The van der Waals surface area contributed by atoms with E-state index in [1.807, 2.05) is 29.8 Å². The summed E-state index contributed by atoms with van der Waals surface area (Å²) in [6.07, 6.45) is 3.53. The minimum atomic E-state index is 0.687. The highest BCUT2D eigenvalue weighted by Crippen LogP contribution is 2.20. The molecule has 1 aromatic carbocycles. The molecule has 5 heteroatoms. The van der Waals surface area contributed by atoms with Crippen molar-refractivity contribution in [1.29, 1.82) is 0 Å². The molecule has 25 heavy (non-hydrogen) atoms. The lowest BCUT2D eigenvalue weighted by Gasteiger charge is -2.06. The van der Waals surface area contributed by atoms with Crippen molar-refractivity contribution in [1.82, 2.24) is 19.7 Å². The van der Waals surface area contributed by atoms with Gasteiger partial charge >= 0.3 is 0 Å². The van der Waals surface area contributed by atoms with Gasteiger partial charge in [-0.3, -0.25) is 4.40 Å². The maximum Gasteiger partial charge on any atom is 0.161 e. The molecule has 0 fully saturated rings. The molecule has 0 unspecified atom stereocenters. The molecule has 0 saturated heterocycles. The second-order valence-corrected chi connectivity index (χ2v) is 6.20. The summed E-state index contributed by atoms with van der Waals surface area (Å²) in [6, 6.07) is 14.3. The van der Waals surface area contributed by atoms with E-state index in [1.165, 1.54) is 5.56 Å². The van der Waals surface area contributed by atoms with Gasteiger partial charge in [0.05, 0.1) is 12.0 Å². The third-order valence-corrected chi connectivity index (χ3v) is 4.28. The van der Waals surface area contributed by atoms with Gasteiger partial charge in [0.15, 0.2) is 5.65 Å². The van der Waals surface area contributed by atoms with Gasteiger partial charge in [0.25, 0.3) is 0 Å². The van der Waals surface area contributed by atoms with Crippen molar-refractivity contribution in [3.05, 3.63) is 77.7 Å². The van der Waals surface area contributed by atoms with E-state index in [0.29, 0.717) is 6.54 Å². The fraction of sp³-hybridized carbons (Fsp3) is 0.200. The minimum Gasteiger partial charge on any atom is -0.464 e. The predicted molar refractivity (Wildman–Crippen MR) is 97.1 cm³/mol. The minimum absolute atomic E-state index is 0.687. The fourth-order valence-electron chi connectivity index (χ4n) is 3.01. The van der Waals surface area contributed by atoms with E-state index in [4.69, 9.17) is 4.42 Å².